The first-order valence-corrected chi connectivity index (χ1v) is 5.96. The second-order valence-corrected chi connectivity index (χ2v) is 5.39. The fraction of sp³-hybridized carbons (Fsp3) is 0.833. The average Bonchev–Trinajstić information content (AvgIpc) is 2.19. The molecule has 0 radical (unpaired) electrons. The van der Waals surface area contributed by atoms with Crippen LogP contribution in [0, 0.1) is 17.8 Å². The van der Waals surface area contributed by atoms with E-state index in [2.05, 4.69) is 0 Å². The predicted octanol–water partition coefficient (Wildman–Crippen LogP) is 0.165. The smallest absolute Gasteiger partial charge is 0.336 e. The van der Waals surface area contributed by atoms with Gasteiger partial charge in [-0.2, -0.15) is 0 Å². The van der Waals surface area contributed by atoms with Gasteiger partial charge in [0.25, 0.3) is 0 Å². The Morgan fingerprint density at radius 1 is 1.33 bits per heavy atom. The molecule has 0 aromatic rings. The van der Waals surface area contributed by atoms with Crippen LogP contribution < -0.4 is 0 Å². The summed E-state index contributed by atoms with van der Waals surface area (Å²) in [6.45, 7) is 4.10. The van der Waals surface area contributed by atoms with E-state index in [-0.39, 0.29) is 36.1 Å². The van der Waals surface area contributed by atoms with E-state index in [4.69, 9.17) is 10.2 Å². The first kappa shape index (κ1) is 17.4. The Morgan fingerprint density at radius 2 is 1.89 bits per heavy atom. The zero-order valence-corrected chi connectivity index (χ0v) is 10.2. The van der Waals surface area contributed by atoms with Gasteiger partial charge in [-0.1, -0.05) is 13.8 Å². The molecule has 0 aromatic heterocycles. The van der Waals surface area contributed by atoms with Crippen molar-refractivity contribution in [3.63, 3.8) is 0 Å². The van der Waals surface area contributed by atoms with Crippen molar-refractivity contribution in [2.24, 2.45) is 17.8 Å². The van der Waals surface area contributed by atoms with Gasteiger partial charge in [-0.15, -0.1) is 0 Å². The minimum atomic E-state index is -2.10. The predicted molar refractivity (Wildman–Crippen MR) is 70.4 cm³/mol. The van der Waals surface area contributed by atoms with Gasteiger partial charge in [-0.05, 0) is 37.5 Å². The molecule has 0 aromatic carbocycles. The maximum atomic E-state index is 11.1. The molecule has 1 aliphatic carbocycles. The number of rotatable bonds is 4. The van der Waals surface area contributed by atoms with Crippen LogP contribution in [0.15, 0.2) is 0 Å². The van der Waals surface area contributed by atoms with Crippen LogP contribution in [-0.4, -0.2) is 50.2 Å². The van der Waals surface area contributed by atoms with Crippen molar-refractivity contribution in [1.29, 1.82) is 0 Å². The largest absolute Gasteiger partial charge is 0.481 e. The minimum absolute atomic E-state index is 0. The van der Waals surface area contributed by atoms with Crippen molar-refractivity contribution in [2.75, 3.05) is 0 Å². The second-order valence-electron chi connectivity index (χ2n) is 5.39. The summed E-state index contributed by atoms with van der Waals surface area (Å²) in [6, 6.07) is 0. The van der Waals surface area contributed by atoms with Crippen LogP contribution in [0.4, 0.5) is 0 Å². The Bertz CT molecular complexity index is 318. The van der Waals surface area contributed by atoms with E-state index in [1.54, 1.807) is 0 Å². The number of aliphatic hydroxyl groups is 1. The average molecular weight is 274 g/mol. The summed E-state index contributed by atoms with van der Waals surface area (Å²) < 4.78 is 0. The zero-order valence-electron chi connectivity index (χ0n) is 10.2. The highest BCUT2D eigenvalue weighted by molar-refractivity contribution is 5.85. The van der Waals surface area contributed by atoms with Crippen molar-refractivity contribution >= 4 is 29.3 Å². The van der Waals surface area contributed by atoms with Gasteiger partial charge in [0.2, 0.25) is 0 Å². The lowest BCUT2D eigenvalue weighted by molar-refractivity contribution is -0.181. The number of carboxylic acids is 2. The van der Waals surface area contributed by atoms with E-state index in [0.29, 0.717) is 12.3 Å². The fourth-order valence-electron chi connectivity index (χ4n) is 2.69. The SMILES string of the molecule is CC(C)CC1CCC(O)(C(=O)O)C(C(=O)O)C1.[AlH3]. The normalized spacial score (nSPS) is 31.8. The van der Waals surface area contributed by atoms with Crippen LogP contribution in [0.2, 0.25) is 0 Å². The van der Waals surface area contributed by atoms with Crippen molar-refractivity contribution in [3.8, 4) is 0 Å². The third-order valence-electron chi connectivity index (χ3n) is 3.55. The van der Waals surface area contributed by atoms with Crippen LogP contribution in [0.25, 0.3) is 0 Å². The molecule has 1 aliphatic rings. The van der Waals surface area contributed by atoms with Crippen LogP contribution in [-0.2, 0) is 9.59 Å². The topological polar surface area (TPSA) is 94.8 Å². The van der Waals surface area contributed by atoms with Gasteiger partial charge >= 0.3 is 11.9 Å². The number of hydrogen-bond donors (Lipinski definition) is 3. The molecule has 6 heteroatoms. The number of carboxylic acid groups (broad SMARTS) is 2. The molecule has 0 amide bonds. The van der Waals surface area contributed by atoms with E-state index < -0.39 is 23.5 Å². The highest BCUT2D eigenvalue weighted by Gasteiger charge is 2.51. The van der Waals surface area contributed by atoms with E-state index in [0.717, 1.165) is 6.42 Å². The molecule has 3 atom stereocenters. The van der Waals surface area contributed by atoms with E-state index in [1.807, 2.05) is 13.8 Å². The Hall–Kier alpha value is -0.568. The lowest BCUT2D eigenvalue weighted by Crippen LogP contribution is -2.52. The Labute approximate surface area is 117 Å². The van der Waals surface area contributed by atoms with Crippen molar-refractivity contribution in [2.45, 2.75) is 45.1 Å². The summed E-state index contributed by atoms with van der Waals surface area (Å²) in [5.41, 5.74) is -2.10. The van der Waals surface area contributed by atoms with Crippen LogP contribution >= 0.6 is 0 Å². The zero-order chi connectivity index (χ0) is 13.2. The van der Waals surface area contributed by atoms with Crippen molar-refractivity contribution in [3.05, 3.63) is 0 Å². The van der Waals surface area contributed by atoms with Gasteiger partial charge in [0.1, 0.15) is 0 Å². The first-order chi connectivity index (χ1) is 7.77. The third-order valence-corrected chi connectivity index (χ3v) is 3.55. The van der Waals surface area contributed by atoms with E-state index in [9.17, 15) is 14.7 Å². The molecule has 0 heterocycles. The van der Waals surface area contributed by atoms with Gasteiger partial charge < -0.3 is 15.3 Å². The van der Waals surface area contributed by atoms with Crippen molar-refractivity contribution in [1.82, 2.24) is 0 Å². The highest BCUT2D eigenvalue weighted by atomic mass is 27.0. The molecule has 5 nitrogen and oxygen atoms in total. The van der Waals surface area contributed by atoms with Gasteiger partial charge in [0.15, 0.2) is 23.0 Å². The maximum Gasteiger partial charge on any atom is 0.336 e. The summed E-state index contributed by atoms with van der Waals surface area (Å²) in [6.07, 6.45) is 1.72. The van der Waals surface area contributed by atoms with Crippen LogP contribution in [0.1, 0.15) is 39.5 Å². The van der Waals surface area contributed by atoms with E-state index >= 15 is 0 Å². The first-order valence-electron chi connectivity index (χ1n) is 5.96. The molecule has 0 spiro atoms. The van der Waals surface area contributed by atoms with Gasteiger partial charge in [0.05, 0.1) is 5.92 Å². The Balaban J connectivity index is 0.00000289. The Kier molecular flexibility index (Phi) is 6.35. The molecule has 3 N–H and O–H groups in total. The minimum Gasteiger partial charge on any atom is -0.481 e. The Morgan fingerprint density at radius 3 is 2.28 bits per heavy atom. The number of hydrogen-bond acceptors (Lipinski definition) is 3. The van der Waals surface area contributed by atoms with Gasteiger partial charge in [0, 0.05) is 0 Å². The molecule has 18 heavy (non-hydrogen) atoms. The van der Waals surface area contributed by atoms with Crippen molar-refractivity contribution < 1.29 is 24.9 Å². The van der Waals surface area contributed by atoms with Gasteiger partial charge in [-0.25, -0.2) is 4.79 Å². The number of carbonyl (C=O) groups is 2. The lowest BCUT2D eigenvalue weighted by Gasteiger charge is -2.38. The molecule has 0 bridgehead atoms. The molecule has 1 saturated carbocycles. The second kappa shape index (κ2) is 6.56. The lowest BCUT2D eigenvalue weighted by atomic mass is 9.69. The molecule has 104 valence electrons. The summed E-state index contributed by atoms with van der Waals surface area (Å²) in [7, 11) is 0. The molecule has 1 fully saturated rings. The monoisotopic (exact) mass is 274 g/mol. The number of aliphatic carboxylic acids is 2. The maximum absolute atomic E-state index is 11.1. The summed E-state index contributed by atoms with van der Waals surface area (Å²) in [4.78, 5) is 22.1. The molecular formula is C12H23AlO5. The molecular weight excluding hydrogens is 251 g/mol. The third kappa shape index (κ3) is 3.71. The van der Waals surface area contributed by atoms with Crippen LogP contribution in [0.5, 0.6) is 0 Å². The quantitative estimate of drug-likeness (QED) is 0.635. The molecule has 0 aliphatic heterocycles. The van der Waals surface area contributed by atoms with Gasteiger partial charge in [-0.3, -0.25) is 4.79 Å². The summed E-state index contributed by atoms with van der Waals surface area (Å²) in [5.74, 6) is -3.20. The summed E-state index contributed by atoms with van der Waals surface area (Å²) >= 11 is 0. The molecule has 0 saturated heterocycles. The summed E-state index contributed by atoms with van der Waals surface area (Å²) in [5, 5.41) is 28.0. The van der Waals surface area contributed by atoms with E-state index in [1.165, 1.54) is 0 Å². The highest BCUT2D eigenvalue weighted by Crippen LogP contribution is 2.40. The fourth-order valence-corrected chi connectivity index (χ4v) is 2.69. The van der Waals surface area contributed by atoms with Crippen LogP contribution in [0.3, 0.4) is 0 Å². The molecule has 1 rings (SSSR count). The standard InChI is InChI=1S/C12H20O5.Al.3H/c1-7(2)5-8-3-4-12(17,11(15)16)9(6-8)10(13)14;;;;/h7-9,17H,3-6H2,1-2H3,(H,13,14)(H,15,16);;;;. The molecule has 3 unspecified atom stereocenters.